The van der Waals surface area contributed by atoms with E-state index >= 15 is 0 Å². The largest absolute Gasteiger partial charge is 0.468 e. The Labute approximate surface area is 149 Å². The van der Waals surface area contributed by atoms with Crippen LogP contribution in [-0.2, 0) is 30.9 Å². The predicted molar refractivity (Wildman–Crippen MR) is 95.5 cm³/mol. The summed E-state index contributed by atoms with van der Waals surface area (Å²) in [7, 11) is 1.39. The number of carbonyl (C=O) groups is 2. The molecule has 4 nitrogen and oxygen atoms in total. The van der Waals surface area contributed by atoms with Crippen molar-refractivity contribution in [2.75, 3.05) is 13.7 Å². The van der Waals surface area contributed by atoms with Gasteiger partial charge in [-0.2, -0.15) is 0 Å². The van der Waals surface area contributed by atoms with Crippen LogP contribution >= 0.6 is 0 Å². The third-order valence-electron chi connectivity index (χ3n) is 5.87. The van der Waals surface area contributed by atoms with E-state index in [1.165, 1.54) is 50.3 Å². The minimum absolute atomic E-state index is 0.0588. The topological polar surface area (TPSA) is 52.6 Å². The maximum atomic E-state index is 12.6. The van der Waals surface area contributed by atoms with E-state index < -0.39 is 5.41 Å². The molecule has 2 aliphatic rings. The van der Waals surface area contributed by atoms with Crippen LogP contribution in [0.5, 0.6) is 0 Å². The average Bonchev–Trinajstić information content (AvgIpc) is 3.01. The van der Waals surface area contributed by atoms with E-state index in [1.807, 2.05) is 0 Å². The Kier molecular flexibility index (Phi) is 5.45. The molecule has 0 aliphatic heterocycles. The zero-order valence-electron chi connectivity index (χ0n) is 15.3. The van der Waals surface area contributed by atoms with Gasteiger partial charge in [0.15, 0.2) is 0 Å². The molecule has 2 aliphatic carbocycles. The van der Waals surface area contributed by atoms with Crippen molar-refractivity contribution in [2.24, 2.45) is 0 Å². The van der Waals surface area contributed by atoms with Gasteiger partial charge in [-0.05, 0) is 55.2 Å². The van der Waals surface area contributed by atoms with Gasteiger partial charge >= 0.3 is 11.9 Å². The summed E-state index contributed by atoms with van der Waals surface area (Å²) in [5, 5.41) is 0. The van der Waals surface area contributed by atoms with Gasteiger partial charge in [-0.15, -0.1) is 0 Å². The van der Waals surface area contributed by atoms with Crippen LogP contribution in [0.15, 0.2) is 18.2 Å². The first-order valence-corrected chi connectivity index (χ1v) is 9.48. The molecule has 0 radical (unpaired) electrons. The highest BCUT2D eigenvalue weighted by molar-refractivity contribution is 5.90. The van der Waals surface area contributed by atoms with Gasteiger partial charge in [-0.1, -0.05) is 37.5 Å². The number of esters is 2. The van der Waals surface area contributed by atoms with Gasteiger partial charge in [0.2, 0.25) is 0 Å². The minimum atomic E-state index is -0.887. The molecule has 0 saturated heterocycles. The zero-order chi connectivity index (χ0) is 17.9. The van der Waals surface area contributed by atoms with Crippen molar-refractivity contribution in [3.63, 3.8) is 0 Å². The maximum Gasteiger partial charge on any atom is 0.316 e. The van der Waals surface area contributed by atoms with Gasteiger partial charge < -0.3 is 9.47 Å². The molecule has 3 rings (SSSR count). The molecule has 4 heteroatoms. The first kappa shape index (κ1) is 18.0. The number of rotatable bonds is 5. The highest BCUT2D eigenvalue weighted by atomic mass is 16.5. The van der Waals surface area contributed by atoms with Crippen molar-refractivity contribution in [3.05, 3.63) is 34.9 Å². The molecule has 1 atom stereocenters. The van der Waals surface area contributed by atoms with Crippen LogP contribution in [0, 0.1) is 0 Å². The van der Waals surface area contributed by atoms with Gasteiger partial charge in [0.05, 0.1) is 20.1 Å². The fourth-order valence-corrected chi connectivity index (χ4v) is 4.58. The first-order chi connectivity index (χ1) is 12.1. The van der Waals surface area contributed by atoms with E-state index in [-0.39, 0.29) is 18.4 Å². The molecular weight excluding hydrogens is 316 g/mol. The van der Waals surface area contributed by atoms with Crippen molar-refractivity contribution in [1.82, 2.24) is 0 Å². The Hall–Kier alpha value is -1.84. The Morgan fingerprint density at radius 3 is 2.64 bits per heavy atom. The van der Waals surface area contributed by atoms with Crippen LogP contribution in [0.2, 0.25) is 0 Å². The number of benzene rings is 1. The quantitative estimate of drug-likeness (QED) is 0.756. The van der Waals surface area contributed by atoms with Gasteiger partial charge in [0.1, 0.15) is 5.41 Å². The molecule has 0 aromatic heterocycles. The average molecular weight is 344 g/mol. The number of ether oxygens (including phenoxy) is 2. The van der Waals surface area contributed by atoms with E-state index in [0.29, 0.717) is 18.9 Å². The van der Waals surface area contributed by atoms with Gasteiger partial charge in [-0.25, -0.2) is 0 Å². The summed E-state index contributed by atoms with van der Waals surface area (Å²) in [5.41, 5.74) is 2.64. The molecule has 1 saturated carbocycles. The second kappa shape index (κ2) is 7.59. The maximum absolute atomic E-state index is 12.6. The van der Waals surface area contributed by atoms with Crippen molar-refractivity contribution >= 4 is 11.9 Å². The van der Waals surface area contributed by atoms with Crippen molar-refractivity contribution in [1.29, 1.82) is 0 Å². The molecule has 0 bridgehead atoms. The highest BCUT2D eigenvalue weighted by Crippen LogP contribution is 2.44. The summed E-state index contributed by atoms with van der Waals surface area (Å²) in [4.78, 5) is 24.7. The van der Waals surface area contributed by atoms with Crippen molar-refractivity contribution < 1.29 is 19.1 Å². The van der Waals surface area contributed by atoms with Crippen molar-refractivity contribution in [3.8, 4) is 0 Å². The predicted octanol–water partition coefficient (Wildman–Crippen LogP) is 4.04. The van der Waals surface area contributed by atoms with Gasteiger partial charge in [0, 0.05) is 0 Å². The summed E-state index contributed by atoms with van der Waals surface area (Å²) >= 11 is 0. The van der Waals surface area contributed by atoms with Crippen LogP contribution in [0.1, 0.15) is 74.5 Å². The molecule has 1 fully saturated rings. The number of aryl methyl sites for hydroxylation is 1. The fourth-order valence-electron chi connectivity index (χ4n) is 4.58. The second-order valence-corrected chi connectivity index (χ2v) is 7.31. The summed E-state index contributed by atoms with van der Waals surface area (Å²) in [6, 6.07) is 6.48. The number of fused-ring (bicyclic) bond motifs is 1. The highest BCUT2D eigenvalue weighted by Gasteiger charge is 2.48. The Morgan fingerprint density at radius 1 is 1.20 bits per heavy atom. The number of carbonyl (C=O) groups excluding carboxylic acids is 2. The Bertz CT molecular complexity index is 645. The summed E-state index contributed by atoms with van der Waals surface area (Å²) < 4.78 is 10.2. The summed E-state index contributed by atoms with van der Waals surface area (Å²) in [5.74, 6) is -0.0286. The monoisotopic (exact) mass is 344 g/mol. The lowest BCUT2D eigenvalue weighted by atomic mass is 9.77. The molecule has 1 unspecified atom stereocenters. The SMILES string of the molecule is CCOC(=O)CC1(C(=O)OC)CCc2cc(C3CCCCC3)ccc21. The lowest BCUT2D eigenvalue weighted by molar-refractivity contribution is -0.155. The van der Waals surface area contributed by atoms with E-state index in [9.17, 15) is 9.59 Å². The van der Waals surface area contributed by atoms with E-state index in [2.05, 4.69) is 18.2 Å². The number of hydrogen-bond acceptors (Lipinski definition) is 4. The zero-order valence-corrected chi connectivity index (χ0v) is 15.3. The standard InChI is InChI=1S/C21H28O4/c1-3-25-19(22)14-21(20(23)24-2)12-11-17-13-16(9-10-18(17)21)15-7-5-4-6-8-15/h9-10,13,15H,3-8,11-12,14H2,1-2H3. The minimum Gasteiger partial charge on any atom is -0.468 e. The van der Waals surface area contributed by atoms with Crippen LogP contribution in [0.4, 0.5) is 0 Å². The molecule has 1 aromatic rings. The smallest absolute Gasteiger partial charge is 0.316 e. The number of methoxy groups -OCH3 is 1. The lowest BCUT2D eigenvalue weighted by Gasteiger charge is -2.27. The Morgan fingerprint density at radius 2 is 1.96 bits per heavy atom. The van der Waals surface area contributed by atoms with Crippen LogP contribution in [0.3, 0.4) is 0 Å². The fraction of sp³-hybridized carbons (Fsp3) is 0.619. The molecule has 0 amide bonds. The van der Waals surface area contributed by atoms with Gasteiger partial charge in [-0.3, -0.25) is 9.59 Å². The molecule has 0 N–H and O–H groups in total. The third kappa shape index (κ3) is 3.44. The molecule has 0 spiro atoms. The summed E-state index contributed by atoms with van der Waals surface area (Å²) in [6.07, 6.45) is 7.93. The molecular formula is C21H28O4. The lowest BCUT2D eigenvalue weighted by Crippen LogP contribution is -2.37. The number of hydrogen-bond donors (Lipinski definition) is 0. The third-order valence-corrected chi connectivity index (χ3v) is 5.87. The molecule has 136 valence electrons. The Balaban J connectivity index is 1.91. The second-order valence-electron chi connectivity index (χ2n) is 7.31. The van der Waals surface area contributed by atoms with Crippen molar-refractivity contribution in [2.45, 2.75) is 69.6 Å². The van der Waals surface area contributed by atoms with Crippen LogP contribution in [0.25, 0.3) is 0 Å². The van der Waals surface area contributed by atoms with E-state index in [0.717, 1.165) is 12.0 Å². The summed E-state index contributed by atoms with van der Waals surface area (Å²) in [6.45, 7) is 2.10. The molecule has 0 heterocycles. The molecule has 1 aromatic carbocycles. The van der Waals surface area contributed by atoms with E-state index in [4.69, 9.17) is 9.47 Å². The first-order valence-electron chi connectivity index (χ1n) is 9.48. The van der Waals surface area contributed by atoms with Gasteiger partial charge in [0.25, 0.3) is 0 Å². The van der Waals surface area contributed by atoms with E-state index in [1.54, 1.807) is 6.92 Å². The van der Waals surface area contributed by atoms with Crippen LogP contribution < -0.4 is 0 Å². The normalized spacial score (nSPS) is 23.1. The van der Waals surface area contributed by atoms with Crippen LogP contribution in [-0.4, -0.2) is 25.7 Å². The molecule has 25 heavy (non-hydrogen) atoms.